The zero-order valence-corrected chi connectivity index (χ0v) is 12.3. The summed E-state index contributed by atoms with van der Waals surface area (Å²) in [5.41, 5.74) is 6.12. The molecule has 2 aromatic rings. The molecule has 0 atom stereocenters. The van der Waals surface area contributed by atoms with Gasteiger partial charge in [0.05, 0.1) is 10.5 Å². The molecule has 9 heteroatoms. The normalized spacial score (nSPS) is 17.0. The summed E-state index contributed by atoms with van der Waals surface area (Å²) in [6, 6.07) is 0. The van der Waals surface area contributed by atoms with Crippen molar-refractivity contribution in [3.63, 3.8) is 0 Å². The zero-order valence-electron chi connectivity index (χ0n) is 12.3. The van der Waals surface area contributed by atoms with E-state index in [1.807, 2.05) is 6.92 Å². The molecular formula is C13H18N6O3. The number of hydrogen-bond acceptors (Lipinski definition) is 7. The van der Waals surface area contributed by atoms with E-state index in [1.54, 1.807) is 0 Å². The van der Waals surface area contributed by atoms with Crippen molar-refractivity contribution in [3.8, 4) is 11.6 Å². The summed E-state index contributed by atoms with van der Waals surface area (Å²) in [5, 5.41) is 21.9. The SMILES string of the molecule is CCCc1[nH]nc(-c2nc(C3(N)CCCC3)no2)c1[N+](=O)[O-]. The van der Waals surface area contributed by atoms with Crippen LogP contribution in [0.5, 0.6) is 0 Å². The molecule has 2 aromatic heterocycles. The molecule has 1 aliphatic carbocycles. The number of hydrogen-bond donors (Lipinski definition) is 2. The van der Waals surface area contributed by atoms with Gasteiger partial charge in [0.1, 0.15) is 5.69 Å². The van der Waals surface area contributed by atoms with Crippen LogP contribution in [0.1, 0.15) is 50.5 Å². The van der Waals surface area contributed by atoms with E-state index >= 15 is 0 Å². The van der Waals surface area contributed by atoms with Crippen LogP contribution in [0.15, 0.2) is 4.52 Å². The highest BCUT2D eigenvalue weighted by atomic mass is 16.6. The second kappa shape index (κ2) is 5.48. The number of aryl methyl sites for hydroxylation is 1. The summed E-state index contributed by atoms with van der Waals surface area (Å²) in [6.45, 7) is 1.94. The highest BCUT2D eigenvalue weighted by Crippen LogP contribution is 2.36. The minimum atomic E-state index is -0.598. The van der Waals surface area contributed by atoms with Gasteiger partial charge >= 0.3 is 5.69 Å². The standard InChI is InChI=1S/C13H18N6O3/c1-2-5-8-10(19(20)21)9(17-16-8)11-15-12(18-22-11)13(14)6-3-4-7-13/h2-7,14H2,1H3,(H,16,17). The van der Waals surface area contributed by atoms with E-state index in [-0.39, 0.29) is 17.3 Å². The van der Waals surface area contributed by atoms with Crippen LogP contribution in [0.25, 0.3) is 11.6 Å². The molecule has 0 bridgehead atoms. The molecule has 3 N–H and O–H groups in total. The molecule has 9 nitrogen and oxygen atoms in total. The fraction of sp³-hybridized carbons (Fsp3) is 0.615. The van der Waals surface area contributed by atoms with Gasteiger partial charge in [-0.15, -0.1) is 0 Å². The first-order valence-corrected chi connectivity index (χ1v) is 7.40. The number of aromatic amines is 1. The Morgan fingerprint density at radius 3 is 2.82 bits per heavy atom. The lowest BCUT2D eigenvalue weighted by molar-refractivity contribution is -0.384. The van der Waals surface area contributed by atoms with Gasteiger partial charge in [0.25, 0.3) is 5.89 Å². The molecule has 1 aliphatic rings. The molecule has 2 heterocycles. The Kier molecular flexibility index (Phi) is 3.65. The van der Waals surface area contributed by atoms with Gasteiger partial charge in [-0.05, 0) is 19.3 Å². The summed E-state index contributed by atoms with van der Waals surface area (Å²) >= 11 is 0. The lowest BCUT2D eigenvalue weighted by atomic mass is 9.99. The quantitative estimate of drug-likeness (QED) is 0.637. The fourth-order valence-corrected chi connectivity index (χ4v) is 2.89. The maximum absolute atomic E-state index is 11.3. The van der Waals surface area contributed by atoms with Crippen molar-refractivity contribution in [3.05, 3.63) is 21.6 Å². The van der Waals surface area contributed by atoms with Crippen molar-refractivity contribution < 1.29 is 9.45 Å². The van der Waals surface area contributed by atoms with E-state index in [9.17, 15) is 10.1 Å². The van der Waals surface area contributed by atoms with Gasteiger partial charge in [0, 0.05) is 0 Å². The van der Waals surface area contributed by atoms with Crippen LogP contribution in [0.4, 0.5) is 5.69 Å². The van der Waals surface area contributed by atoms with E-state index in [4.69, 9.17) is 10.3 Å². The molecule has 0 amide bonds. The molecule has 1 fully saturated rings. The Labute approximate surface area is 126 Å². The first kappa shape index (κ1) is 14.6. The molecule has 3 rings (SSSR count). The van der Waals surface area contributed by atoms with Gasteiger partial charge in [-0.2, -0.15) is 10.1 Å². The van der Waals surface area contributed by atoms with E-state index in [1.165, 1.54) is 0 Å². The minimum absolute atomic E-state index is 0.0389. The first-order chi connectivity index (χ1) is 10.5. The topological polar surface area (TPSA) is 137 Å². The number of nitro groups is 1. The van der Waals surface area contributed by atoms with Crippen molar-refractivity contribution in [2.45, 2.75) is 51.0 Å². The average molecular weight is 306 g/mol. The summed E-state index contributed by atoms with van der Waals surface area (Å²) < 4.78 is 5.18. The van der Waals surface area contributed by atoms with Crippen LogP contribution in [-0.4, -0.2) is 25.3 Å². The molecule has 0 aromatic carbocycles. The van der Waals surface area contributed by atoms with E-state index in [0.717, 1.165) is 32.1 Å². The molecule has 0 aliphatic heterocycles. The van der Waals surface area contributed by atoms with E-state index < -0.39 is 10.5 Å². The average Bonchev–Trinajstić information content (AvgIpc) is 3.16. The Hall–Kier alpha value is -2.29. The van der Waals surface area contributed by atoms with E-state index in [0.29, 0.717) is 17.9 Å². The minimum Gasteiger partial charge on any atom is -0.332 e. The molecular weight excluding hydrogens is 288 g/mol. The van der Waals surface area contributed by atoms with Crippen molar-refractivity contribution in [1.82, 2.24) is 20.3 Å². The van der Waals surface area contributed by atoms with Crippen molar-refractivity contribution in [2.24, 2.45) is 5.73 Å². The fourth-order valence-electron chi connectivity index (χ4n) is 2.89. The monoisotopic (exact) mass is 306 g/mol. The Morgan fingerprint density at radius 1 is 1.45 bits per heavy atom. The van der Waals surface area contributed by atoms with Crippen molar-refractivity contribution in [2.75, 3.05) is 0 Å². The van der Waals surface area contributed by atoms with Gasteiger partial charge in [-0.1, -0.05) is 31.3 Å². The number of H-pyrrole nitrogens is 1. The summed E-state index contributed by atoms with van der Waals surface area (Å²) in [7, 11) is 0. The highest BCUT2D eigenvalue weighted by molar-refractivity contribution is 5.64. The number of rotatable bonds is 5. The molecule has 1 saturated carbocycles. The molecule has 0 unspecified atom stereocenters. The predicted molar refractivity (Wildman–Crippen MR) is 76.9 cm³/mol. The first-order valence-electron chi connectivity index (χ1n) is 7.40. The molecule has 22 heavy (non-hydrogen) atoms. The Balaban J connectivity index is 1.98. The van der Waals surface area contributed by atoms with Crippen LogP contribution < -0.4 is 5.73 Å². The second-order valence-corrected chi connectivity index (χ2v) is 5.69. The van der Waals surface area contributed by atoms with Gasteiger partial charge in [0.15, 0.2) is 5.82 Å². The van der Waals surface area contributed by atoms with Gasteiger partial charge in [0.2, 0.25) is 5.69 Å². The van der Waals surface area contributed by atoms with Crippen LogP contribution in [0, 0.1) is 10.1 Å². The van der Waals surface area contributed by atoms with Crippen LogP contribution >= 0.6 is 0 Å². The molecule has 0 spiro atoms. The number of aromatic nitrogens is 4. The summed E-state index contributed by atoms with van der Waals surface area (Å²) in [5.74, 6) is 0.436. The third kappa shape index (κ3) is 2.37. The van der Waals surface area contributed by atoms with Gasteiger partial charge in [-0.25, -0.2) is 0 Å². The summed E-state index contributed by atoms with van der Waals surface area (Å²) in [4.78, 5) is 15.1. The predicted octanol–water partition coefficient (Wildman–Crippen LogP) is 2.05. The van der Waals surface area contributed by atoms with Crippen molar-refractivity contribution >= 4 is 5.69 Å². The van der Waals surface area contributed by atoms with Crippen molar-refractivity contribution in [1.29, 1.82) is 0 Å². The van der Waals surface area contributed by atoms with Gasteiger partial charge < -0.3 is 10.3 Å². The Morgan fingerprint density at radius 2 is 2.18 bits per heavy atom. The third-order valence-electron chi connectivity index (χ3n) is 4.07. The van der Waals surface area contributed by atoms with Gasteiger partial charge in [-0.3, -0.25) is 15.2 Å². The van der Waals surface area contributed by atoms with Crippen LogP contribution in [-0.2, 0) is 12.0 Å². The smallest absolute Gasteiger partial charge is 0.322 e. The number of nitrogens with two attached hydrogens (primary N) is 1. The van der Waals surface area contributed by atoms with Crippen LogP contribution in [0.2, 0.25) is 0 Å². The molecule has 118 valence electrons. The third-order valence-corrected chi connectivity index (χ3v) is 4.07. The van der Waals surface area contributed by atoms with Crippen LogP contribution in [0.3, 0.4) is 0 Å². The maximum atomic E-state index is 11.3. The van der Waals surface area contributed by atoms with E-state index in [2.05, 4.69) is 20.3 Å². The number of nitrogens with zero attached hydrogens (tertiary/aromatic N) is 4. The Bertz CT molecular complexity index is 686. The second-order valence-electron chi connectivity index (χ2n) is 5.69. The largest absolute Gasteiger partial charge is 0.332 e. The molecule has 0 saturated heterocycles. The zero-order chi connectivity index (χ0) is 15.7. The lowest BCUT2D eigenvalue weighted by Crippen LogP contribution is -2.34. The maximum Gasteiger partial charge on any atom is 0.322 e. The molecule has 0 radical (unpaired) electrons. The number of nitrogens with one attached hydrogen (secondary N) is 1. The highest BCUT2D eigenvalue weighted by Gasteiger charge is 2.37. The lowest BCUT2D eigenvalue weighted by Gasteiger charge is -2.17. The summed E-state index contributed by atoms with van der Waals surface area (Å²) in [6.07, 6.45) is 4.91.